The van der Waals surface area contributed by atoms with Gasteiger partial charge < -0.3 is 26.0 Å². The number of hydrogen-bond donors (Lipinski definition) is 5. The fourth-order valence-electron chi connectivity index (χ4n) is 4.30. The van der Waals surface area contributed by atoms with Crippen molar-refractivity contribution in [2.75, 3.05) is 13.1 Å². The molecule has 0 spiro atoms. The SMILES string of the molecule is O=C(CC(NCC1CCC(C(=O)O)CC1)C(=O)O)NCC1CCC(C(=O)O)CC1. The van der Waals surface area contributed by atoms with Gasteiger partial charge in [0.15, 0.2) is 0 Å². The molecule has 29 heavy (non-hydrogen) atoms. The lowest BCUT2D eigenvalue weighted by atomic mass is 9.82. The van der Waals surface area contributed by atoms with Crippen LogP contribution in [0.3, 0.4) is 0 Å². The highest BCUT2D eigenvalue weighted by Gasteiger charge is 2.29. The summed E-state index contributed by atoms with van der Waals surface area (Å²) in [5.74, 6) is -3.10. The molecule has 5 N–H and O–H groups in total. The second-order valence-corrected chi connectivity index (χ2v) is 8.42. The third kappa shape index (κ3) is 7.64. The van der Waals surface area contributed by atoms with Crippen LogP contribution in [-0.2, 0) is 19.2 Å². The largest absolute Gasteiger partial charge is 0.481 e. The number of carboxylic acid groups (broad SMARTS) is 3. The number of hydrogen-bond acceptors (Lipinski definition) is 5. The van der Waals surface area contributed by atoms with E-state index in [1.807, 2.05) is 0 Å². The fourth-order valence-corrected chi connectivity index (χ4v) is 4.30. The summed E-state index contributed by atoms with van der Waals surface area (Å²) in [7, 11) is 0. The third-order valence-corrected chi connectivity index (χ3v) is 6.32. The Balaban J connectivity index is 1.67. The van der Waals surface area contributed by atoms with Crippen molar-refractivity contribution in [3.05, 3.63) is 0 Å². The predicted octanol–water partition coefficient (Wildman–Crippen LogP) is 1.32. The molecule has 0 aliphatic heterocycles. The highest BCUT2D eigenvalue weighted by molar-refractivity contribution is 5.84. The van der Waals surface area contributed by atoms with E-state index in [1.165, 1.54) is 0 Å². The summed E-state index contributed by atoms with van der Waals surface area (Å²) in [6, 6.07) is -0.977. The molecule has 0 aromatic carbocycles. The van der Waals surface area contributed by atoms with Crippen LogP contribution in [0.2, 0.25) is 0 Å². The van der Waals surface area contributed by atoms with Crippen LogP contribution in [-0.4, -0.2) is 58.3 Å². The topological polar surface area (TPSA) is 153 Å². The van der Waals surface area contributed by atoms with Crippen LogP contribution < -0.4 is 10.6 Å². The van der Waals surface area contributed by atoms with Crippen molar-refractivity contribution in [3.63, 3.8) is 0 Å². The number of nitrogens with one attached hydrogen (secondary N) is 2. The van der Waals surface area contributed by atoms with Crippen LogP contribution >= 0.6 is 0 Å². The molecule has 9 nitrogen and oxygen atoms in total. The third-order valence-electron chi connectivity index (χ3n) is 6.32. The molecule has 2 aliphatic carbocycles. The number of aliphatic carboxylic acids is 3. The molecule has 0 aromatic rings. The van der Waals surface area contributed by atoms with E-state index in [1.54, 1.807) is 0 Å². The smallest absolute Gasteiger partial charge is 0.321 e. The van der Waals surface area contributed by atoms with Gasteiger partial charge in [0.2, 0.25) is 5.91 Å². The average molecular weight is 412 g/mol. The van der Waals surface area contributed by atoms with Gasteiger partial charge in [0.1, 0.15) is 6.04 Å². The second-order valence-electron chi connectivity index (χ2n) is 8.42. The summed E-state index contributed by atoms with van der Waals surface area (Å²) in [6.07, 6.45) is 5.23. The summed E-state index contributed by atoms with van der Waals surface area (Å²) < 4.78 is 0. The first-order valence-electron chi connectivity index (χ1n) is 10.4. The van der Waals surface area contributed by atoms with Crippen LogP contribution in [0.4, 0.5) is 0 Å². The first kappa shape index (κ1) is 23.1. The molecular weight excluding hydrogens is 380 g/mol. The van der Waals surface area contributed by atoms with E-state index >= 15 is 0 Å². The molecule has 2 rings (SSSR count). The van der Waals surface area contributed by atoms with Gasteiger partial charge in [-0.15, -0.1) is 0 Å². The Morgan fingerprint density at radius 2 is 1.17 bits per heavy atom. The van der Waals surface area contributed by atoms with Crippen molar-refractivity contribution in [1.29, 1.82) is 0 Å². The Labute approximate surface area is 170 Å². The van der Waals surface area contributed by atoms with E-state index in [0.717, 1.165) is 25.7 Å². The molecule has 0 heterocycles. The van der Waals surface area contributed by atoms with Crippen molar-refractivity contribution in [3.8, 4) is 0 Å². The van der Waals surface area contributed by atoms with Crippen molar-refractivity contribution in [1.82, 2.24) is 10.6 Å². The minimum Gasteiger partial charge on any atom is -0.481 e. The van der Waals surface area contributed by atoms with Gasteiger partial charge in [-0.05, 0) is 69.7 Å². The molecule has 0 radical (unpaired) electrons. The van der Waals surface area contributed by atoms with Gasteiger partial charge in [0.25, 0.3) is 0 Å². The zero-order valence-electron chi connectivity index (χ0n) is 16.6. The van der Waals surface area contributed by atoms with E-state index in [-0.39, 0.29) is 36.0 Å². The number of carboxylic acids is 3. The number of rotatable bonds is 10. The zero-order chi connectivity index (χ0) is 21.4. The molecule has 2 saturated carbocycles. The molecule has 1 atom stereocenters. The maximum Gasteiger partial charge on any atom is 0.321 e. The highest BCUT2D eigenvalue weighted by Crippen LogP contribution is 2.29. The van der Waals surface area contributed by atoms with Crippen LogP contribution in [0.15, 0.2) is 0 Å². The quantitative estimate of drug-likeness (QED) is 0.360. The van der Waals surface area contributed by atoms with E-state index in [0.29, 0.717) is 38.8 Å². The lowest BCUT2D eigenvalue weighted by molar-refractivity contribution is -0.144. The predicted molar refractivity (Wildman–Crippen MR) is 103 cm³/mol. The van der Waals surface area contributed by atoms with E-state index in [9.17, 15) is 24.3 Å². The summed E-state index contributed by atoms with van der Waals surface area (Å²) in [4.78, 5) is 45.6. The molecule has 0 aromatic heterocycles. The molecule has 2 aliphatic rings. The summed E-state index contributed by atoms with van der Waals surface area (Å²) >= 11 is 0. The normalized spacial score (nSPS) is 28.3. The summed E-state index contributed by atoms with van der Waals surface area (Å²) in [5, 5.41) is 33.2. The monoisotopic (exact) mass is 412 g/mol. The van der Waals surface area contributed by atoms with E-state index < -0.39 is 23.9 Å². The van der Waals surface area contributed by atoms with Gasteiger partial charge in [-0.25, -0.2) is 0 Å². The molecule has 0 saturated heterocycles. The van der Waals surface area contributed by atoms with Gasteiger partial charge in [0, 0.05) is 6.54 Å². The van der Waals surface area contributed by atoms with Gasteiger partial charge in [-0.1, -0.05) is 0 Å². The first-order valence-corrected chi connectivity index (χ1v) is 10.4. The number of amides is 1. The summed E-state index contributed by atoms with van der Waals surface area (Å²) in [6.45, 7) is 0.895. The average Bonchev–Trinajstić information content (AvgIpc) is 2.69. The van der Waals surface area contributed by atoms with Crippen molar-refractivity contribution >= 4 is 23.8 Å². The Hall–Kier alpha value is -2.16. The zero-order valence-corrected chi connectivity index (χ0v) is 16.6. The van der Waals surface area contributed by atoms with E-state index in [4.69, 9.17) is 10.2 Å². The van der Waals surface area contributed by atoms with Gasteiger partial charge in [-0.3, -0.25) is 19.2 Å². The Bertz CT molecular complexity index is 594. The Morgan fingerprint density at radius 1 is 0.724 bits per heavy atom. The maximum atomic E-state index is 12.2. The minimum absolute atomic E-state index is 0.162. The van der Waals surface area contributed by atoms with Crippen LogP contribution in [0.25, 0.3) is 0 Å². The van der Waals surface area contributed by atoms with Gasteiger partial charge >= 0.3 is 17.9 Å². The molecule has 1 unspecified atom stereocenters. The lowest BCUT2D eigenvalue weighted by Crippen LogP contribution is -2.44. The van der Waals surface area contributed by atoms with E-state index in [2.05, 4.69) is 10.6 Å². The fraction of sp³-hybridized carbons (Fsp3) is 0.800. The molecule has 9 heteroatoms. The maximum absolute atomic E-state index is 12.2. The van der Waals surface area contributed by atoms with Crippen LogP contribution in [0.5, 0.6) is 0 Å². The second kappa shape index (κ2) is 11.1. The van der Waals surface area contributed by atoms with Crippen molar-refractivity contribution < 1.29 is 34.5 Å². The molecule has 0 bridgehead atoms. The lowest BCUT2D eigenvalue weighted by Gasteiger charge is -2.28. The number of carbonyl (C=O) groups is 4. The van der Waals surface area contributed by atoms with Crippen molar-refractivity contribution in [2.45, 2.75) is 63.8 Å². The highest BCUT2D eigenvalue weighted by atomic mass is 16.4. The van der Waals surface area contributed by atoms with Crippen LogP contribution in [0.1, 0.15) is 57.8 Å². The van der Waals surface area contributed by atoms with Crippen LogP contribution in [0, 0.1) is 23.7 Å². The number of carbonyl (C=O) groups excluding carboxylic acids is 1. The molecule has 2 fully saturated rings. The standard InChI is InChI=1S/C20H32N2O7/c23-17(22-11-13-3-7-15(8-4-13)19(26)27)9-16(20(28)29)21-10-12-1-5-14(6-2-12)18(24)25/h12-16,21H,1-11H2,(H,22,23)(H,24,25)(H,26,27)(H,28,29). The molecule has 164 valence electrons. The van der Waals surface area contributed by atoms with Gasteiger partial charge in [-0.2, -0.15) is 0 Å². The Morgan fingerprint density at radius 3 is 1.59 bits per heavy atom. The van der Waals surface area contributed by atoms with Crippen molar-refractivity contribution in [2.24, 2.45) is 23.7 Å². The first-order chi connectivity index (χ1) is 13.8. The van der Waals surface area contributed by atoms with Gasteiger partial charge in [0.05, 0.1) is 18.3 Å². The summed E-state index contributed by atoms with van der Waals surface area (Å²) in [5.41, 5.74) is 0. The molecular formula is C20H32N2O7. The Kier molecular flexibility index (Phi) is 8.88. The molecule has 1 amide bonds. The minimum atomic E-state index is -1.08.